The molecule has 122 valence electrons. The smallest absolute Gasteiger partial charge is 0.136 e. The van der Waals surface area contributed by atoms with Crippen molar-refractivity contribution in [1.82, 2.24) is 5.32 Å². The molecule has 0 aliphatic carbocycles. The third kappa shape index (κ3) is 9.72. The second kappa shape index (κ2) is 14.2. The summed E-state index contributed by atoms with van der Waals surface area (Å²) < 4.78 is 16.0. The van der Waals surface area contributed by atoms with E-state index in [2.05, 4.69) is 35.1 Å². The molecule has 0 unspecified atom stereocenters. The van der Waals surface area contributed by atoms with E-state index in [0.717, 1.165) is 42.3 Å². The summed E-state index contributed by atoms with van der Waals surface area (Å²) in [6.45, 7) is 8.19. The van der Waals surface area contributed by atoms with Gasteiger partial charge in [0.2, 0.25) is 0 Å². The van der Waals surface area contributed by atoms with Crippen molar-refractivity contribution >= 4 is 15.9 Å². The van der Waals surface area contributed by atoms with Crippen molar-refractivity contribution < 1.29 is 14.2 Å². The Kier molecular flexibility index (Phi) is 13.6. The zero-order chi connectivity index (χ0) is 15.9. The van der Waals surface area contributed by atoms with Gasteiger partial charge in [0.1, 0.15) is 16.0 Å². The molecular weight excluding hydrogens is 334 g/mol. The second-order valence-electron chi connectivity index (χ2n) is 4.34. The number of hydrogen-bond donors (Lipinski definition) is 1. The van der Waals surface area contributed by atoms with Crippen LogP contribution in [0.3, 0.4) is 0 Å². The summed E-state index contributed by atoms with van der Waals surface area (Å²) in [5, 5.41) is 3.16. The van der Waals surface area contributed by atoms with E-state index in [-0.39, 0.29) is 0 Å². The molecule has 5 heteroatoms. The highest BCUT2D eigenvalue weighted by Crippen LogP contribution is 2.33. The van der Waals surface area contributed by atoms with Gasteiger partial charge in [-0.25, -0.2) is 0 Å². The summed E-state index contributed by atoms with van der Waals surface area (Å²) in [6, 6.07) is 5.61. The highest BCUT2D eigenvalue weighted by Gasteiger charge is 2.04. The van der Waals surface area contributed by atoms with E-state index in [0.29, 0.717) is 0 Å². The molecule has 0 spiro atoms. The van der Waals surface area contributed by atoms with Crippen molar-refractivity contribution in [2.24, 2.45) is 0 Å². The standard InChI is InChI=1S/C8H9BrO2.C4H9NO.C4H10/c1-10-6-4-3-5-7(11-2)8(6)9;1-3-6-4-2-5-1;1-3-4-2/h3-5H,1-2H3;5H,1-4H2;3-4H2,1-2H3. The van der Waals surface area contributed by atoms with Crippen molar-refractivity contribution in [3.63, 3.8) is 0 Å². The number of ether oxygens (including phenoxy) is 3. The number of benzene rings is 1. The Hall–Kier alpha value is -0.780. The van der Waals surface area contributed by atoms with Crippen LogP contribution in [0.2, 0.25) is 0 Å². The molecule has 0 bridgehead atoms. The maximum Gasteiger partial charge on any atom is 0.136 e. The molecule has 2 rings (SSSR count). The summed E-state index contributed by atoms with van der Waals surface area (Å²) >= 11 is 3.35. The van der Waals surface area contributed by atoms with E-state index in [9.17, 15) is 0 Å². The van der Waals surface area contributed by atoms with Crippen molar-refractivity contribution in [2.75, 3.05) is 40.5 Å². The molecule has 1 aromatic rings. The lowest BCUT2D eigenvalue weighted by Gasteiger charge is -2.10. The fourth-order valence-corrected chi connectivity index (χ4v) is 1.91. The van der Waals surface area contributed by atoms with Crippen molar-refractivity contribution in [3.8, 4) is 11.5 Å². The van der Waals surface area contributed by atoms with E-state index >= 15 is 0 Å². The average Bonchev–Trinajstić information content (AvgIpc) is 2.57. The monoisotopic (exact) mass is 361 g/mol. The normalized spacial score (nSPS) is 13.2. The quantitative estimate of drug-likeness (QED) is 0.886. The minimum absolute atomic E-state index is 0.782. The van der Waals surface area contributed by atoms with Crippen LogP contribution < -0.4 is 14.8 Å². The first-order valence-corrected chi connectivity index (χ1v) is 8.15. The first-order chi connectivity index (χ1) is 10.2. The van der Waals surface area contributed by atoms with Gasteiger partial charge < -0.3 is 19.5 Å². The predicted octanol–water partition coefficient (Wildman–Crippen LogP) is 3.88. The maximum atomic E-state index is 5.06. The van der Waals surface area contributed by atoms with Crippen LogP contribution in [0.1, 0.15) is 26.7 Å². The molecule has 1 aliphatic heterocycles. The van der Waals surface area contributed by atoms with Crippen LogP contribution in [-0.4, -0.2) is 40.5 Å². The Morgan fingerprint density at radius 2 is 1.52 bits per heavy atom. The molecule has 1 fully saturated rings. The van der Waals surface area contributed by atoms with Gasteiger partial charge in [-0.05, 0) is 28.1 Å². The van der Waals surface area contributed by atoms with Gasteiger partial charge in [0, 0.05) is 13.1 Å². The number of halogens is 1. The van der Waals surface area contributed by atoms with Gasteiger partial charge in [-0.3, -0.25) is 0 Å². The molecule has 0 saturated carbocycles. The Labute approximate surface area is 137 Å². The summed E-state index contributed by atoms with van der Waals surface area (Å²) in [4.78, 5) is 0. The molecule has 4 nitrogen and oxygen atoms in total. The van der Waals surface area contributed by atoms with Gasteiger partial charge in [-0.15, -0.1) is 0 Å². The Morgan fingerprint density at radius 3 is 1.76 bits per heavy atom. The first kappa shape index (κ1) is 20.2. The van der Waals surface area contributed by atoms with Crippen molar-refractivity contribution in [2.45, 2.75) is 26.7 Å². The van der Waals surface area contributed by atoms with E-state index in [1.807, 2.05) is 18.2 Å². The second-order valence-corrected chi connectivity index (χ2v) is 5.13. The molecule has 0 amide bonds. The Bertz CT molecular complexity index is 322. The number of hydrogen-bond acceptors (Lipinski definition) is 4. The van der Waals surface area contributed by atoms with Crippen LogP contribution in [0, 0.1) is 0 Å². The minimum Gasteiger partial charge on any atom is -0.495 e. The third-order valence-electron chi connectivity index (χ3n) is 2.71. The number of nitrogens with one attached hydrogen (secondary N) is 1. The molecule has 0 aromatic heterocycles. The zero-order valence-electron chi connectivity index (χ0n) is 13.6. The van der Waals surface area contributed by atoms with Crippen LogP contribution >= 0.6 is 15.9 Å². The molecule has 0 radical (unpaired) electrons. The molecular formula is C16H28BrNO3. The summed E-state index contributed by atoms with van der Waals surface area (Å²) in [6.07, 6.45) is 2.64. The summed E-state index contributed by atoms with van der Waals surface area (Å²) in [5.74, 6) is 1.56. The molecule has 1 N–H and O–H groups in total. The minimum atomic E-state index is 0.782. The third-order valence-corrected chi connectivity index (χ3v) is 3.50. The average molecular weight is 362 g/mol. The van der Waals surface area contributed by atoms with Crippen molar-refractivity contribution in [1.29, 1.82) is 0 Å². The SMILES string of the molecule is C1COCCN1.CCCC.COc1cccc(OC)c1Br. The van der Waals surface area contributed by atoms with Crippen LogP contribution in [0.5, 0.6) is 11.5 Å². The summed E-state index contributed by atoms with van der Waals surface area (Å²) in [5.41, 5.74) is 0. The Morgan fingerprint density at radius 1 is 1.05 bits per heavy atom. The molecule has 1 aliphatic rings. The topological polar surface area (TPSA) is 39.7 Å². The van der Waals surface area contributed by atoms with Crippen LogP contribution in [-0.2, 0) is 4.74 Å². The molecule has 1 saturated heterocycles. The van der Waals surface area contributed by atoms with Gasteiger partial charge in [0.25, 0.3) is 0 Å². The van der Waals surface area contributed by atoms with Crippen LogP contribution in [0.4, 0.5) is 0 Å². The van der Waals surface area contributed by atoms with Gasteiger partial charge in [-0.2, -0.15) is 0 Å². The highest BCUT2D eigenvalue weighted by atomic mass is 79.9. The van der Waals surface area contributed by atoms with Crippen molar-refractivity contribution in [3.05, 3.63) is 22.7 Å². The number of unbranched alkanes of at least 4 members (excludes halogenated alkanes) is 1. The number of methoxy groups -OCH3 is 2. The largest absolute Gasteiger partial charge is 0.495 e. The lowest BCUT2D eigenvalue weighted by atomic mass is 10.3. The van der Waals surface area contributed by atoms with Crippen LogP contribution in [0.25, 0.3) is 0 Å². The summed E-state index contributed by atoms with van der Waals surface area (Å²) in [7, 11) is 3.25. The van der Waals surface area contributed by atoms with E-state index in [4.69, 9.17) is 14.2 Å². The molecule has 0 atom stereocenters. The van der Waals surface area contributed by atoms with Gasteiger partial charge in [0.05, 0.1) is 27.4 Å². The van der Waals surface area contributed by atoms with E-state index in [1.54, 1.807) is 14.2 Å². The van der Waals surface area contributed by atoms with Crippen LogP contribution in [0.15, 0.2) is 22.7 Å². The molecule has 21 heavy (non-hydrogen) atoms. The predicted molar refractivity (Wildman–Crippen MR) is 91.5 cm³/mol. The molecule has 1 heterocycles. The molecule has 1 aromatic carbocycles. The first-order valence-electron chi connectivity index (χ1n) is 7.36. The fourth-order valence-electron chi connectivity index (χ4n) is 1.32. The lowest BCUT2D eigenvalue weighted by Crippen LogP contribution is -2.30. The van der Waals surface area contributed by atoms with Gasteiger partial charge >= 0.3 is 0 Å². The maximum absolute atomic E-state index is 5.06. The van der Waals surface area contributed by atoms with E-state index in [1.165, 1.54) is 12.8 Å². The van der Waals surface area contributed by atoms with E-state index < -0.39 is 0 Å². The fraction of sp³-hybridized carbons (Fsp3) is 0.625. The van der Waals surface area contributed by atoms with Gasteiger partial charge in [-0.1, -0.05) is 32.8 Å². The number of rotatable bonds is 3. The zero-order valence-corrected chi connectivity index (χ0v) is 15.2. The Balaban J connectivity index is 0.000000335. The highest BCUT2D eigenvalue weighted by molar-refractivity contribution is 9.10. The number of morpholine rings is 1. The van der Waals surface area contributed by atoms with Gasteiger partial charge in [0.15, 0.2) is 0 Å². The lowest BCUT2D eigenvalue weighted by molar-refractivity contribution is 0.109.